The van der Waals surface area contributed by atoms with Crippen molar-refractivity contribution in [3.8, 4) is 11.5 Å². The number of benzene rings is 2. The van der Waals surface area contributed by atoms with Gasteiger partial charge in [-0.3, -0.25) is 0 Å². The lowest BCUT2D eigenvalue weighted by molar-refractivity contribution is 0.174. The van der Waals surface area contributed by atoms with Crippen LogP contribution in [0.15, 0.2) is 48.5 Å². The molecule has 3 rings (SSSR count). The van der Waals surface area contributed by atoms with Crippen molar-refractivity contribution < 1.29 is 9.47 Å². The molecule has 2 aromatic rings. The van der Waals surface area contributed by atoms with Crippen LogP contribution in [0.2, 0.25) is 0 Å². The van der Waals surface area contributed by atoms with Crippen LogP contribution in [0.3, 0.4) is 0 Å². The molecule has 1 N–H and O–H groups in total. The van der Waals surface area contributed by atoms with Crippen LogP contribution in [0, 0.1) is 0 Å². The highest BCUT2D eigenvalue weighted by molar-refractivity contribution is 5.45. The summed E-state index contributed by atoms with van der Waals surface area (Å²) in [4.78, 5) is 0. The summed E-state index contributed by atoms with van der Waals surface area (Å²) in [6, 6.07) is 17.1. The SMILES string of the molecule is CC(NC(C)c1ccc2c(c1)OCO2)c1ccccc1. The third kappa shape index (κ3) is 2.63. The summed E-state index contributed by atoms with van der Waals surface area (Å²) < 4.78 is 10.8. The molecule has 2 atom stereocenters. The van der Waals surface area contributed by atoms with Crippen LogP contribution in [-0.2, 0) is 0 Å². The molecule has 0 saturated carbocycles. The van der Waals surface area contributed by atoms with Crippen LogP contribution in [0.4, 0.5) is 0 Å². The summed E-state index contributed by atoms with van der Waals surface area (Å²) in [6.07, 6.45) is 0. The van der Waals surface area contributed by atoms with Crippen LogP contribution >= 0.6 is 0 Å². The van der Waals surface area contributed by atoms with E-state index in [9.17, 15) is 0 Å². The van der Waals surface area contributed by atoms with Gasteiger partial charge in [0.15, 0.2) is 11.5 Å². The van der Waals surface area contributed by atoms with Crippen molar-refractivity contribution in [1.82, 2.24) is 5.32 Å². The third-order valence-corrected chi connectivity index (χ3v) is 3.70. The first-order valence-electron chi connectivity index (χ1n) is 6.94. The van der Waals surface area contributed by atoms with Gasteiger partial charge in [0, 0.05) is 12.1 Å². The first kappa shape index (κ1) is 13.0. The Bertz CT molecular complexity index is 583. The van der Waals surface area contributed by atoms with Crippen LogP contribution in [0.25, 0.3) is 0 Å². The van der Waals surface area contributed by atoms with E-state index in [-0.39, 0.29) is 6.04 Å². The predicted molar refractivity (Wildman–Crippen MR) is 79.0 cm³/mol. The molecule has 3 heteroatoms. The second-order valence-corrected chi connectivity index (χ2v) is 5.13. The van der Waals surface area contributed by atoms with Gasteiger partial charge >= 0.3 is 0 Å². The van der Waals surface area contributed by atoms with E-state index >= 15 is 0 Å². The van der Waals surface area contributed by atoms with Crippen LogP contribution < -0.4 is 14.8 Å². The summed E-state index contributed by atoms with van der Waals surface area (Å²) in [6.45, 7) is 4.66. The number of nitrogens with one attached hydrogen (secondary N) is 1. The highest BCUT2D eigenvalue weighted by atomic mass is 16.7. The summed E-state index contributed by atoms with van der Waals surface area (Å²) in [5, 5.41) is 3.61. The maximum atomic E-state index is 5.43. The number of rotatable bonds is 4. The van der Waals surface area contributed by atoms with E-state index in [1.807, 2.05) is 12.1 Å². The monoisotopic (exact) mass is 269 g/mol. The van der Waals surface area contributed by atoms with E-state index in [2.05, 4.69) is 55.6 Å². The van der Waals surface area contributed by atoms with E-state index < -0.39 is 0 Å². The number of fused-ring (bicyclic) bond motifs is 1. The van der Waals surface area contributed by atoms with Gasteiger partial charge in [-0.15, -0.1) is 0 Å². The zero-order valence-electron chi connectivity index (χ0n) is 11.8. The Labute approximate surface area is 119 Å². The van der Waals surface area contributed by atoms with Crippen molar-refractivity contribution in [3.05, 3.63) is 59.7 Å². The second-order valence-electron chi connectivity index (χ2n) is 5.13. The van der Waals surface area contributed by atoms with Crippen molar-refractivity contribution in [2.24, 2.45) is 0 Å². The van der Waals surface area contributed by atoms with Crippen LogP contribution in [-0.4, -0.2) is 6.79 Å². The highest BCUT2D eigenvalue weighted by Crippen LogP contribution is 2.34. The Kier molecular flexibility index (Phi) is 3.61. The third-order valence-electron chi connectivity index (χ3n) is 3.70. The lowest BCUT2D eigenvalue weighted by atomic mass is 10.0. The van der Waals surface area contributed by atoms with Gasteiger partial charge in [0.1, 0.15) is 0 Å². The van der Waals surface area contributed by atoms with Crippen molar-refractivity contribution >= 4 is 0 Å². The fraction of sp³-hybridized carbons (Fsp3) is 0.294. The highest BCUT2D eigenvalue weighted by Gasteiger charge is 2.17. The first-order chi connectivity index (χ1) is 9.74. The molecule has 1 heterocycles. The molecule has 0 amide bonds. The minimum atomic E-state index is 0.250. The van der Waals surface area contributed by atoms with E-state index in [0.717, 1.165) is 11.5 Å². The molecule has 2 aromatic carbocycles. The minimum Gasteiger partial charge on any atom is -0.454 e. The molecule has 3 nitrogen and oxygen atoms in total. The van der Waals surface area contributed by atoms with Crippen molar-refractivity contribution in [1.29, 1.82) is 0 Å². The second kappa shape index (κ2) is 5.55. The quantitative estimate of drug-likeness (QED) is 0.915. The predicted octanol–water partition coefficient (Wildman–Crippen LogP) is 3.83. The maximum Gasteiger partial charge on any atom is 0.231 e. The van der Waals surface area contributed by atoms with E-state index in [0.29, 0.717) is 12.8 Å². The van der Waals surface area contributed by atoms with Gasteiger partial charge in [-0.05, 0) is 37.1 Å². The maximum absolute atomic E-state index is 5.43. The molecule has 0 radical (unpaired) electrons. The van der Waals surface area contributed by atoms with Crippen molar-refractivity contribution in [2.45, 2.75) is 25.9 Å². The first-order valence-corrected chi connectivity index (χ1v) is 6.94. The molecule has 0 bridgehead atoms. The number of ether oxygens (including phenoxy) is 2. The molecule has 104 valence electrons. The molecular formula is C17H19NO2. The zero-order valence-corrected chi connectivity index (χ0v) is 11.8. The van der Waals surface area contributed by atoms with E-state index in [1.54, 1.807) is 0 Å². The van der Waals surface area contributed by atoms with E-state index in [4.69, 9.17) is 9.47 Å². The van der Waals surface area contributed by atoms with Gasteiger partial charge < -0.3 is 14.8 Å². The molecule has 0 aliphatic carbocycles. The van der Waals surface area contributed by atoms with Gasteiger partial charge in [0.2, 0.25) is 6.79 Å². The molecule has 1 aliphatic rings. The summed E-state index contributed by atoms with van der Waals surface area (Å²) in [5.41, 5.74) is 2.50. The Hall–Kier alpha value is -2.00. The fourth-order valence-corrected chi connectivity index (χ4v) is 2.49. The lowest BCUT2D eigenvalue weighted by Crippen LogP contribution is -2.22. The van der Waals surface area contributed by atoms with Crippen molar-refractivity contribution in [3.63, 3.8) is 0 Å². The molecule has 0 saturated heterocycles. The Morgan fingerprint density at radius 1 is 0.850 bits per heavy atom. The number of hydrogen-bond acceptors (Lipinski definition) is 3. The summed E-state index contributed by atoms with van der Waals surface area (Å²) in [7, 11) is 0. The Morgan fingerprint density at radius 2 is 1.55 bits per heavy atom. The average molecular weight is 269 g/mol. The van der Waals surface area contributed by atoms with Gasteiger partial charge in [-0.25, -0.2) is 0 Å². The molecule has 1 aliphatic heterocycles. The molecule has 20 heavy (non-hydrogen) atoms. The lowest BCUT2D eigenvalue weighted by Gasteiger charge is -2.21. The summed E-state index contributed by atoms with van der Waals surface area (Å²) in [5.74, 6) is 1.67. The van der Waals surface area contributed by atoms with E-state index in [1.165, 1.54) is 11.1 Å². The molecule has 2 unspecified atom stereocenters. The largest absolute Gasteiger partial charge is 0.454 e. The van der Waals surface area contributed by atoms with Gasteiger partial charge in [0.05, 0.1) is 0 Å². The smallest absolute Gasteiger partial charge is 0.231 e. The topological polar surface area (TPSA) is 30.5 Å². The molecular weight excluding hydrogens is 250 g/mol. The van der Waals surface area contributed by atoms with Gasteiger partial charge in [-0.1, -0.05) is 36.4 Å². The minimum absolute atomic E-state index is 0.250. The Morgan fingerprint density at radius 3 is 2.35 bits per heavy atom. The standard InChI is InChI=1S/C17H19NO2/c1-12(14-6-4-3-5-7-14)18-13(2)15-8-9-16-17(10-15)20-11-19-16/h3-10,12-13,18H,11H2,1-2H3. The number of hydrogen-bond donors (Lipinski definition) is 1. The van der Waals surface area contributed by atoms with Gasteiger partial charge in [-0.2, -0.15) is 0 Å². The molecule has 0 fully saturated rings. The Balaban J connectivity index is 1.71. The summed E-state index contributed by atoms with van der Waals surface area (Å²) >= 11 is 0. The van der Waals surface area contributed by atoms with Gasteiger partial charge in [0.25, 0.3) is 0 Å². The van der Waals surface area contributed by atoms with Crippen LogP contribution in [0.1, 0.15) is 37.1 Å². The molecule has 0 aromatic heterocycles. The molecule has 0 spiro atoms. The zero-order chi connectivity index (χ0) is 13.9. The fourth-order valence-electron chi connectivity index (χ4n) is 2.49. The average Bonchev–Trinajstić information content (AvgIpc) is 2.95. The van der Waals surface area contributed by atoms with Crippen LogP contribution in [0.5, 0.6) is 11.5 Å². The van der Waals surface area contributed by atoms with Crippen molar-refractivity contribution in [2.75, 3.05) is 6.79 Å². The normalized spacial score (nSPS) is 15.9.